The number of likely N-dealkylation sites (N-methyl/N-ethyl adjacent to an activating group) is 2. The van der Waals surface area contributed by atoms with E-state index in [-0.39, 0.29) is 11.9 Å². The van der Waals surface area contributed by atoms with Gasteiger partial charge < -0.3 is 29.9 Å². The molecule has 0 aliphatic carbocycles. The number of nitrogens with zero attached hydrogens (tertiary/aromatic N) is 6. The number of nitrogens with one attached hydrogen (secondary N) is 2. The lowest BCUT2D eigenvalue weighted by Gasteiger charge is -2.42. The number of carbonyl (C=O) groups excluding carboxylic acids is 1. The van der Waals surface area contributed by atoms with Gasteiger partial charge in [0.2, 0.25) is 11.9 Å². The van der Waals surface area contributed by atoms with Crippen LogP contribution in [0, 0.1) is 5.92 Å². The van der Waals surface area contributed by atoms with E-state index in [4.69, 9.17) is 9.97 Å². The Labute approximate surface area is 212 Å². The van der Waals surface area contributed by atoms with E-state index in [0.717, 1.165) is 61.7 Å². The number of benzene rings is 1. The zero-order valence-corrected chi connectivity index (χ0v) is 21.4. The normalized spacial score (nSPS) is 21.0. The second-order valence-electron chi connectivity index (χ2n) is 10.0. The van der Waals surface area contributed by atoms with Gasteiger partial charge in [-0.15, -0.1) is 0 Å². The first-order valence-corrected chi connectivity index (χ1v) is 12.7. The van der Waals surface area contributed by atoms with E-state index in [0.29, 0.717) is 18.4 Å². The van der Waals surface area contributed by atoms with Crippen molar-refractivity contribution in [1.82, 2.24) is 24.8 Å². The lowest BCUT2D eigenvalue weighted by atomic mass is 9.92. The van der Waals surface area contributed by atoms with Crippen molar-refractivity contribution in [3.05, 3.63) is 49.2 Å². The predicted octanol–water partition coefficient (Wildman–Crippen LogP) is 3.31. The summed E-state index contributed by atoms with van der Waals surface area (Å²) in [7, 11) is 4.23. The van der Waals surface area contributed by atoms with E-state index in [1.54, 1.807) is 0 Å². The van der Waals surface area contributed by atoms with Gasteiger partial charge in [-0.05, 0) is 55.8 Å². The summed E-state index contributed by atoms with van der Waals surface area (Å²) in [5.74, 6) is 1.80. The monoisotopic (exact) mass is 488 g/mol. The van der Waals surface area contributed by atoms with E-state index >= 15 is 0 Å². The molecule has 3 aromatic rings. The van der Waals surface area contributed by atoms with Crippen molar-refractivity contribution >= 4 is 40.1 Å². The number of hydrogen-bond acceptors (Lipinski definition) is 7. The highest BCUT2D eigenvalue weighted by atomic mass is 16.2. The Hall–Kier alpha value is -3.59. The van der Waals surface area contributed by atoms with Crippen LogP contribution < -0.4 is 15.1 Å². The van der Waals surface area contributed by atoms with Gasteiger partial charge in [0, 0.05) is 63.9 Å². The minimum Gasteiger partial charge on any atom is -0.369 e. The molecule has 0 saturated carbocycles. The topological polar surface area (TPSA) is 83.6 Å². The Morgan fingerprint density at radius 1 is 1.14 bits per heavy atom. The van der Waals surface area contributed by atoms with Crippen LogP contribution in [0.25, 0.3) is 11.0 Å². The maximum atomic E-state index is 12.3. The van der Waals surface area contributed by atoms with Crippen LogP contribution in [0.3, 0.4) is 0 Å². The minimum atomic E-state index is -0.0165. The quantitative estimate of drug-likeness (QED) is 0.515. The number of aromatic nitrogens is 3. The van der Waals surface area contributed by atoms with Crippen molar-refractivity contribution in [2.24, 2.45) is 5.92 Å². The summed E-state index contributed by atoms with van der Waals surface area (Å²) in [6.45, 7) is 11.6. The van der Waals surface area contributed by atoms with Gasteiger partial charge in [0.05, 0.1) is 11.4 Å². The molecule has 190 valence electrons. The molecular weight excluding hydrogens is 452 g/mol. The van der Waals surface area contributed by atoms with Gasteiger partial charge in [-0.25, -0.2) is 0 Å². The Morgan fingerprint density at radius 2 is 1.89 bits per heavy atom. The molecule has 2 aliphatic heterocycles. The second kappa shape index (κ2) is 10.2. The Morgan fingerprint density at radius 3 is 2.61 bits per heavy atom. The lowest BCUT2D eigenvalue weighted by molar-refractivity contribution is -0.127. The smallest absolute Gasteiger partial charge is 0.246 e. The molecule has 2 atom stereocenters. The molecule has 9 nitrogen and oxygen atoms in total. The molecule has 2 N–H and O–H groups in total. The van der Waals surface area contributed by atoms with E-state index in [1.807, 2.05) is 17.2 Å². The molecule has 1 amide bonds. The Kier molecular flexibility index (Phi) is 6.82. The highest BCUT2D eigenvalue weighted by Crippen LogP contribution is 2.31. The summed E-state index contributed by atoms with van der Waals surface area (Å²) < 4.78 is 0. The molecule has 2 saturated heterocycles. The molecule has 2 fully saturated rings. The van der Waals surface area contributed by atoms with E-state index < -0.39 is 0 Å². The highest BCUT2D eigenvalue weighted by Gasteiger charge is 2.32. The molecule has 0 bridgehead atoms. The lowest BCUT2D eigenvalue weighted by Crippen LogP contribution is -2.52. The molecule has 2 aromatic heterocycles. The molecule has 4 heterocycles. The average Bonchev–Trinajstić information content (AvgIpc) is 3.37. The van der Waals surface area contributed by atoms with Crippen LogP contribution in [0.4, 0.5) is 23.1 Å². The second-order valence-corrected chi connectivity index (χ2v) is 10.0. The van der Waals surface area contributed by atoms with Crippen molar-refractivity contribution in [1.29, 1.82) is 0 Å². The minimum absolute atomic E-state index is 0.0165. The van der Waals surface area contributed by atoms with Crippen molar-refractivity contribution in [2.75, 3.05) is 68.5 Å². The standard InChI is InChI=1S/C27H36N8O/c1-5-24(36)35-13-11-19(2)23(18-35)33(4)26-22-10-12-28-25(22)30-27(31-26)29-20-6-8-21(9-7-20)34-16-14-32(3)15-17-34/h5-10,12,19,23H,1,11,13-18H2,2-4H3,(H2,28,29,30,31)/t19-,23+/m1/s1. The molecule has 36 heavy (non-hydrogen) atoms. The van der Waals surface area contributed by atoms with Crippen LogP contribution in [-0.2, 0) is 4.79 Å². The number of likely N-dealkylation sites (tertiary alicyclic amines) is 1. The Balaban J connectivity index is 1.37. The fourth-order valence-corrected chi connectivity index (χ4v) is 5.24. The number of piperidine rings is 1. The maximum absolute atomic E-state index is 12.3. The number of hydrogen-bond donors (Lipinski definition) is 2. The van der Waals surface area contributed by atoms with Crippen molar-refractivity contribution < 1.29 is 4.79 Å². The summed E-state index contributed by atoms with van der Waals surface area (Å²) >= 11 is 0. The molecule has 2 aliphatic rings. The maximum Gasteiger partial charge on any atom is 0.246 e. The molecule has 5 rings (SSSR count). The third kappa shape index (κ3) is 4.88. The molecule has 1 aromatic carbocycles. The number of anilines is 4. The first-order valence-electron chi connectivity index (χ1n) is 12.7. The van der Waals surface area contributed by atoms with Gasteiger partial charge >= 0.3 is 0 Å². The first-order chi connectivity index (χ1) is 17.4. The number of fused-ring (bicyclic) bond motifs is 1. The van der Waals surface area contributed by atoms with E-state index in [2.05, 4.69) is 76.9 Å². The summed E-state index contributed by atoms with van der Waals surface area (Å²) in [5.41, 5.74) is 2.96. The molecular formula is C27H36N8O. The van der Waals surface area contributed by atoms with E-state index in [1.165, 1.54) is 11.8 Å². The van der Waals surface area contributed by atoms with Crippen molar-refractivity contribution in [2.45, 2.75) is 19.4 Å². The summed E-state index contributed by atoms with van der Waals surface area (Å²) in [5, 5.41) is 4.36. The Bertz CT molecular complexity index is 1210. The zero-order valence-electron chi connectivity index (χ0n) is 21.4. The SMILES string of the molecule is C=CC(=O)N1CC[C@@H](C)[C@@H](N(C)c2nc(Nc3ccc(N4CCN(C)CC4)cc3)nc3[nH]ccc23)C1. The average molecular weight is 489 g/mol. The highest BCUT2D eigenvalue weighted by molar-refractivity contribution is 5.89. The number of H-pyrrole nitrogens is 1. The first kappa shape index (κ1) is 24.1. The summed E-state index contributed by atoms with van der Waals surface area (Å²) in [6, 6.07) is 10.6. The van der Waals surface area contributed by atoms with Crippen LogP contribution in [0.1, 0.15) is 13.3 Å². The number of rotatable bonds is 6. The van der Waals surface area contributed by atoms with Gasteiger partial charge in [0.1, 0.15) is 11.5 Å². The summed E-state index contributed by atoms with van der Waals surface area (Å²) in [6.07, 6.45) is 4.24. The molecule has 0 spiro atoms. The van der Waals surface area contributed by atoms with Crippen LogP contribution in [0.2, 0.25) is 0 Å². The number of piperazine rings is 1. The van der Waals surface area contributed by atoms with Crippen molar-refractivity contribution in [3.8, 4) is 0 Å². The number of aromatic amines is 1. The fraction of sp³-hybridized carbons (Fsp3) is 0.444. The zero-order chi connectivity index (χ0) is 25.2. The van der Waals surface area contributed by atoms with Crippen molar-refractivity contribution in [3.63, 3.8) is 0 Å². The van der Waals surface area contributed by atoms with Crippen LogP contribution in [-0.4, -0.2) is 90.1 Å². The summed E-state index contributed by atoms with van der Waals surface area (Å²) in [4.78, 5) is 34.0. The predicted molar refractivity (Wildman–Crippen MR) is 146 cm³/mol. The largest absolute Gasteiger partial charge is 0.369 e. The van der Waals surface area contributed by atoms with Crippen LogP contribution in [0.15, 0.2) is 49.2 Å². The van der Waals surface area contributed by atoms with Gasteiger partial charge in [0.15, 0.2) is 0 Å². The van der Waals surface area contributed by atoms with Gasteiger partial charge in [-0.1, -0.05) is 13.5 Å². The van der Waals surface area contributed by atoms with Crippen LogP contribution >= 0.6 is 0 Å². The molecule has 0 unspecified atom stereocenters. The molecule has 9 heteroatoms. The molecule has 0 radical (unpaired) electrons. The number of amides is 1. The van der Waals surface area contributed by atoms with Gasteiger partial charge in [-0.2, -0.15) is 9.97 Å². The van der Waals surface area contributed by atoms with E-state index in [9.17, 15) is 4.79 Å². The van der Waals surface area contributed by atoms with Gasteiger partial charge in [-0.3, -0.25) is 4.79 Å². The third-order valence-corrected chi connectivity index (χ3v) is 7.62. The number of carbonyl (C=O) groups is 1. The third-order valence-electron chi connectivity index (χ3n) is 7.62. The fourth-order valence-electron chi connectivity index (χ4n) is 5.24. The van der Waals surface area contributed by atoms with Crippen LogP contribution in [0.5, 0.6) is 0 Å². The van der Waals surface area contributed by atoms with Gasteiger partial charge in [0.25, 0.3) is 0 Å².